The van der Waals surface area contributed by atoms with E-state index in [-0.39, 0.29) is 5.91 Å². The van der Waals surface area contributed by atoms with Crippen molar-refractivity contribution in [3.63, 3.8) is 0 Å². The molecule has 1 fully saturated rings. The van der Waals surface area contributed by atoms with Crippen molar-refractivity contribution >= 4 is 23.4 Å². The van der Waals surface area contributed by atoms with Crippen LogP contribution in [0.3, 0.4) is 0 Å². The second kappa shape index (κ2) is 6.11. The zero-order chi connectivity index (χ0) is 13.0. The average Bonchev–Trinajstić information content (AvgIpc) is 2.38. The molecule has 4 nitrogen and oxygen atoms in total. The van der Waals surface area contributed by atoms with Crippen LogP contribution in [0.2, 0.25) is 0 Å². The van der Waals surface area contributed by atoms with Gasteiger partial charge in [-0.2, -0.15) is 0 Å². The Balaban J connectivity index is 1.79. The van der Waals surface area contributed by atoms with Gasteiger partial charge in [0.1, 0.15) is 0 Å². The van der Waals surface area contributed by atoms with E-state index >= 15 is 0 Å². The lowest BCUT2D eigenvalue weighted by atomic mass is 10.3. The number of likely N-dealkylation sites (N-methyl/N-ethyl adjacent to an activating group) is 1. The third kappa shape index (κ3) is 3.65. The number of anilines is 1. The number of rotatable bonds is 3. The normalized spacial score (nSPS) is 16.8. The maximum absolute atomic E-state index is 12.0. The molecule has 0 bridgehead atoms. The summed E-state index contributed by atoms with van der Waals surface area (Å²) in [6.07, 6.45) is 0. The molecular formula is C13H19N3OS. The Kier molecular flexibility index (Phi) is 4.49. The van der Waals surface area contributed by atoms with Crippen molar-refractivity contribution in [2.24, 2.45) is 0 Å². The van der Waals surface area contributed by atoms with Crippen molar-refractivity contribution < 1.29 is 4.79 Å². The summed E-state index contributed by atoms with van der Waals surface area (Å²) in [7, 11) is 2.09. The van der Waals surface area contributed by atoms with Crippen LogP contribution >= 0.6 is 11.8 Å². The number of thioether (sulfide) groups is 1. The molecule has 98 valence electrons. The molecule has 1 aliphatic heterocycles. The fraction of sp³-hybridized carbons (Fsp3) is 0.462. The minimum Gasteiger partial charge on any atom is -0.399 e. The first kappa shape index (κ1) is 13.2. The number of benzene rings is 1. The summed E-state index contributed by atoms with van der Waals surface area (Å²) in [6.45, 7) is 3.63. The minimum atomic E-state index is 0.227. The number of nitrogen functional groups attached to an aromatic ring is 1. The fourth-order valence-electron chi connectivity index (χ4n) is 1.86. The van der Waals surface area contributed by atoms with Crippen LogP contribution in [0.5, 0.6) is 0 Å². The van der Waals surface area contributed by atoms with Crippen molar-refractivity contribution in [3.8, 4) is 0 Å². The topological polar surface area (TPSA) is 49.6 Å². The highest BCUT2D eigenvalue weighted by atomic mass is 32.2. The van der Waals surface area contributed by atoms with E-state index in [1.807, 2.05) is 29.2 Å². The lowest BCUT2D eigenvalue weighted by molar-refractivity contribution is -0.129. The van der Waals surface area contributed by atoms with Gasteiger partial charge in [0.25, 0.3) is 0 Å². The van der Waals surface area contributed by atoms with Crippen LogP contribution in [-0.4, -0.2) is 54.7 Å². The van der Waals surface area contributed by atoms with E-state index in [1.165, 1.54) is 0 Å². The quantitative estimate of drug-likeness (QED) is 0.657. The smallest absolute Gasteiger partial charge is 0.233 e. The van der Waals surface area contributed by atoms with Crippen molar-refractivity contribution in [2.45, 2.75) is 4.90 Å². The van der Waals surface area contributed by atoms with Gasteiger partial charge in [0.2, 0.25) is 5.91 Å². The van der Waals surface area contributed by atoms with E-state index in [0.717, 1.165) is 36.8 Å². The zero-order valence-corrected chi connectivity index (χ0v) is 11.4. The number of carbonyl (C=O) groups is 1. The molecule has 1 aromatic carbocycles. The summed E-state index contributed by atoms with van der Waals surface area (Å²) >= 11 is 1.57. The first-order valence-electron chi connectivity index (χ1n) is 6.10. The van der Waals surface area contributed by atoms with Crippen LogP contribution in [0.15, 0.2) is 29.2 Å². The molecule has 0 radical (unpaired) electrons. The van der Waals surface area contributed by atoms with Crippen LogP contribution in [0.25, 0.3) is 0 Å². The third-order valence-electron chi connectivity index (χ3n) is 3.10. The van der Waals surface area contributed by atoms with Crippen molar-refractivity contribution in [1.82, 2.24) is 9.80 Å². The van der Waals surface area contributed by atoms with Gasteiger partial charge in [-0.05, 0) is 31.3 Å². The van der Waals surface area contributed by atoms with Gasteiger partial charge >= 0.3 is 0 Å². The predicted molar refractivity (Wildman–Crippen MR) is 75.7 cm³/mol. The van der Waals surface area contributed by atoms with Gasteiger partial charge in [0.05, 0.1) is 5.75 Å². The molecule has 1 amide bonds. The second-order valence-electron chi connectivity index (χ2n) is 4.54. The van der Waals surface area contributed by atoms with Gasteiger partial charge in [-0.1, -0.05) is 0 Å². The third-order valence-corrected chi connectivity index (χ3v) is 4.10. The molecule has 0 aliphatic carbocycles. The Morgan fingerprint density at radius 1 is 1.22 bits per heavy atom. The highest BCUT2D eigenvalue weighted by Gasteiger charge is 2.18. The molecular weight excluding hydrogens is 246 g/mol. The van der Waals surface area contributed by atoms with Gasteiger partial charge in [-0.15, -0.1) is 11.8 Å². The van der Waals surface area contributed by atoms with E-state index in [2.05, 4.69) is 11.9 Å². The minimum absolute atomic E-state index is 0.227. The van der Waals surface area contributed by atoms with E-state index in [4.69, 9.17) is 5.73 Å². The summed E-state index contributed by atoms with van der Waals surface area (Å²) in [4.78, 5) is 17.3. The van der Waals surface area contributed by atoms with Gasteiger partial charge in [-0.25, -0.2) is 0 Å². The van der Waals surface area contributed by atoms with E-state index < -0.39 is 0 Å². The van der Waals surface area contributed by atoms with E-state index in [1.54, 1.807) is 11.8 Å². The zero-order valence-electron chi connectivity index (χ0n) is 10.6. The Morgan fingerprint density at radius 3 is 2.44 bits per heavy atom. The highest BCUT2D eigenvalue weighted by Crippen LogP contribution is 2.19. The fourth-order valence-corrected chi connectivity index (χ4v) is 2.66. The molecule has 0 saturated carbocycles. The summed E-state index contributed by atoms with van der Waals surface area (Å²) in [5, 5.41) is 0. The van der Waals surface area contributed by atoms with Crippen LogP contribution in [0, 0.1) is 0 Å². The monoisotopic (exact) mass is 265 g/mol. The summed E-state index contributed by atoms with van der Waals surface area (Å²) in [5.41, 5.74) is 6.38. The SMILES string of the molecule is CN1CCN(C(=O)CSc2ccc(N)cc2)CC1. The molecule has 5 heteroatoms. The molecule has 1 aliphatic rings. The summed E-state index contributed by atoms with van der Waals surface area (Å²) in [5.74, 6) is 0.734. The van der Waals surface area contributed by atoms with Crippen molar-refractivity contribution in [2.75, 3.05) is 44.7 Å². The molecule has 0 spiro atoms. The van der Waals surface area contributed by atoms with Crippen molar-refractivity contribution in [1.29, 1.82) is 0 Å². The van der Waals surface area contributed by atoms with E-state index in [0.29, 0.717) is 5.75 Å². The Labute approximate surface area is 112 Å². The van der Waals surface area contributed by atoms with Crippen molar-refractivity contribution in [3.05, 3.63) is 24.3 Å². The summed E-state index contributed by atoms with van der Waals surface area (Å²) in [6, 6.07) is 7.64. The highest BCUT2D eigenvalue weighted by molar-refractivity contribution is 8.00. The average molecular weight is 265 g/mol. The number of nitrogens with two attached hydrogens (primary N) is 1. The molecule has 18 heavy (non-hydrogen) atoms. The molecule has 1 saturated heterocycles. The van der Waals surface area contributed by atoms with Gasteiger partial charge in [0.15, 0.2) is 0 Å². The van der Waals surface area contributed by atoms with Gasteiger partial charge in [-0.3, -0.25) is 4.79 Å². The second-order valence-corrected chi connectivity index (χ2v) is 5.59. The number of carbonyl (C=O) groups excluding carboxylic acids is 1. The molecule has 0 aromatic heterocycles. The standard InChI is InChI=1S/C13H19N3OS/c1-15-6-8-16(9-7-15)13(17)10-18-12-4-2-11(14)3-5-12/h2-5H,6-10,14H2,1H3. The maximum atomic E-state index is 12.0. The lowest BCUT2D eigenvalue weighted by Gasteiger charge is -2.32. The largest absolute Gasteiger partial charge is 0.399 e. The van der Waals surface area contributed by atoms with Gasteiger partial charge < -0.3 is 15.5 Å². The first-order chi connectivity index (χ1) is 8.65. The molecule has 1 aromatic rings. The number of hydrogen-bond donors (Lipinski definition) is 1. The molecule has 0 atom stereocenters. The van der Waals surface area contributed by atoms with Crippen LogP contribution in [-0.2, 0) is 4.79 Å². The number of hydrogen-bond acceptors (Lipinski definition) is 4. The van der Waals surface area contributed by atoms with E-state index in [9.17, 15) is 4.79 Å². The Morgan fingerprint density at radius 2 is 1.83 bits per heavy atom. The van der Waals surface area contributed by atoms with Crippen LogP contribution in [0.1, 0.15) is 0 Å². The Bertz CT molecular complexity index is 399. The first-order valence-corrected chi connectivity index (χ1v) is 7.08. The summed E-state index contributed by atoms with van der Waals surface area (Å²) < 4.78 is 0. The molecule has 2 rings (SSSR count). The number of amides is 1. The molecule has 1 heterocycles. The van der Waals surface area contributed by atoms with Gasteiger partial charge in [0, 0.05) is 36.8 Å². The maximum Gasteiger partial charge on any atom is 0.233 e. The van der Waals surface area contributed by atoms with Crippen LogP contribution < -0.4 is 5.73 Å². The molecule has 2 N–H and O–H groups in total. The van der Waals surface area contributed by atoms with Crippen LogP contribution in [0.4, 0.5) is 5.69 Å². The lowest BCUT2D eigenvalue weighted by Crippen LogP contribution is -2.47. The Hall–Kier alpha value is -1.20. The predicted octanol–water partition coefficient (Wildman–Crippen LogP) is 1.13. The number of piperazine rings is 1. The molecule has 0 unspecified atom stereocenters. The number of nitrogens with zero attached hydrogens (tertiary/aromatic N) is 2.